The van der Waals surface area contributed by atoms with Crippen LogP contribution >= 0.6 is 0 Å². The molecule has 1 aliphatic heterocycles. The maximum Gasteiger partial charge on any atom is 0.253 e. The van der Waals surface area contributed by atoms with Gasteiger partial charge in [-0.25, -0.2) is 9.67 Å². The van der Waals surface area contributed by atoms with Gasteiger partial charge in [0.15, 0.2) is 0 Å². The highest BCUT2D eigenvalue weighted by Gasteiger charge is 2.18. The monoisotopic (exact) mass is 408 g/mol. The van der Waals surface area contributed by atoms with Gasteiger partial charge in [0.1, 0.15) is 18.0 Å². The molecule has 0 bridgehead atoms. The summed E-state index contributed by atoms with van der Waals surface area (Å²) >= 11 is 0. The van der Waals surface area contributed by atoms with Gasteiger partial charge in [0.05, 0.1) is 11.3 Å². The van der Waals surface area contributed by atoms with Crippen molar-refractivity contribution in [1.29, 1.82) is 0 Å². The second kappa shape index (κ2) is 9.00. The van der Waals surface area contributed by atoms with E-state index >= 15 is 0 Å². The third-order valence-corrected chi connectivity index (χ3v) is 5.01. The van der Waals surface area contributed by atoms with E-state index in [1.54, 1.807) is 30.1 Å². The molecule has 0 unspecified atom stereocenters. The van der Waals surface area contributed by atoms with E-state index in [1.807, 2.05) is 19.1 Å². The molecule has 30 heavy (non-hydrogen) atoms. The lowest BCUT2D eigenvalue weighted by atomic mass is 10.1. The molecule has 0 spiro atoms. The number of aryl methyl sites for hydroxylation is 2. The first kappa shape index (κ1) is 20.0. The van der Waals surface area contributed by atoms with Gasteiger partial charge in [-0.05, 0) is 37.5 Å². The summed E-state index contributed by atoms with van der Waals surface area (Å²) in [5.41, 5.74) is 3.77. The standard InChI is InChI=1S/C21H24N6O3/c1-14-3-5-17(22-11-14)20-18(27(2)26-25-20)13-30-19-6-4-15(12-23-19)21(28)24-16-7-9-29-10-8-16/h3-6,11-12,16H,7-10,13H2,1-2H3,(H,24,28). The van der Waals surface area contributed by atoms with Crippen LogP contribution in [-0.2, 0) is 18.4 Å². The summed E-state index contributed by atoms with van der Waals surface area (Å²) in [6.45, 7) is 3.57. The minimum atomic E-state index is -0.135. The van der Waals surface area contributed by atoms with Crippen molar-refractivity contribution in [2.24, 2.45) is 7.05 Å². The molecule has 0 aromatic carbocycles. The molecule has 0 aliphatic carbocycles. The number of nitrogens with zero attached hydrogens (tertiary/aromatic N) is 5. The van der Waals surface area contributed by atoms with Crippen LogP contribution in [0.25, 0.3) is 11.4 Å². The molecule has 1 saturated heterocycles. The van der Waals surface area contributed by atoms with E-state index in [-0.39, 0.29) is 18.6 Å². The Morgan fingerprint density at radius 3 is 2.73 bits per heavy atom. The third-order valence-electron chi connectivity index (χ3n) is 5.01. The number of carbonyl (C=O) groups excluding carboxylic acids is 1. The number of carbonyl (C=O) groups is 1. The zero-order valence-corrected chi connectivity index (χ0v) is 17.0. The van der Waals surface area contributed by atoms with Crippen LogP contribution in [0.4, 0.5) is 0 Å². The fourth-order valence-corrected chi connectivity index (χ4v) is 3.20. The van der Waals surface area contributed by atoms with Crippen molar-refractivity contribution in [3.8, 4) is 17.3 Å². The minimum Gasteiger partial charge on any atom is -0.471 e. The molecule has 1 N–H and O–H groups in total. The zero-order valence-electron chi connectivity index (χ0n) is 17.0. The highest BCUT2D eigenvalue weighted by atomic mass is 16.5. The summed E-state index contributed by atoms with van der Waals surface area (Å²) in [6.07, 6.45) is 4.97. The van der Waals surface area contributed by atoms with Crippen molar-refractivity contribution >= 4 is 5.91 Å². The zero-order chi connectivity index (χ0) is 20.9. The maximum absolute atomic E-state index is 12.4. The Balaban J connectivity index is 1.39. The van der Waals surface area contributed by atoms with Gasteiger partial charge in [-0.1, -0.05) is 11.3 Å². The smallest absolute Gasteiger partial charge is 0.253 e. The first-order valence-corrected chi connectivity index (χ1v) is 9.89. The molecule has 1 amide bonds. The van der Waals surface area contributed by atoms with Crippen LogP contribution in [0, 0.1) is 6.92 Å². The maximum atomic E-state index is 12.4. The summed E-state index contributed by atoms with van der Waals surface area (Å²) in [6, 6.07) is 7.43. The molecular weight excluding hydrogens is 384 g/mol. The Hall–Kier alpha value is -3.33. The van der Waals surface area contributed by atoms with Crippen molar-refractivity contribution in [3.63, 3.8) is 0 Å². The number of ether oxygens (including phenoxy) is 2. The second-order valence-corrected chi connectivity index (χ2v) is 7.26. The summed E-state index contributed by atoms with van der Waals surface area (Å²) in [7, 11) is 1.81. The number of rotatable bonds is 6. The van der Waals surface area contributed by atoms with E-state index in [9.17, 15) is 4.79 Å². The first-order valence-electron chi connectivity index (χ1n) is 9.89. The third kappa shape index (κ3) is 4.62. The quantitative estimate of drug-likeness (QED) is 0.666. The number of hydrogen-bond acceptors (Lipinski definition) is 7. The van der Waals surface area contributed by atoms with Gasteiger partial charge in [0.25, 0.3) is 5.91 Å². The van der Waals surface area contributed by atoms with Gasteiger partial charge in [-0.15, -0.1) is 5.10 Å². The van der Waals surface area contributed by atoms with Gasteiger partial charge in [-0.3, -0.25) is 9.78 Å². The molecule has 0 radical (unpaired) electrons. The number of pyridine rings is 2. The average Bonchev–Trinajstić information content (AvgIpc) is 3.14. The number of aromatic nitrogens is 5. The van der Waals surface area contributed by atoms with Crippen LogP contribution in [0.1, 0.15) is 34.5 Å². The van der Waals surface area contributed by atoms with Crippen molar-refractivity contribution in [2.45, 2.75) is 32.4 Å². The Kier molecular flexibility index (Phi) is 5.99. The van der Waals surface area contributed by atoms with Crippen molar-refractivity contribution in [2.75, 3.05) is 13.2 Å². The highest BCUT2D eigenvalue weighted by Crippen LogP contribution is 2.20. The summed E-state index contributed by atoms with van der Waals surface area (Å²) < 4.78 is 12.8. The largest absolute Gasteiger partial charge is 0.471 e. The van der Waals surface area contributed by atoms with Gasteiger partial charge in [-0.2, -0.15) is 0 Å². The predicted octanol–water partition coefficient (Wildman–Crippen LogP) is 2.07. The lowest BCUT2D eigenvalue weighted by Crippen LogP contribution is -2.38. The van der Waals surface area contributed by atoms with E-state index in [2.05, 4.69) is 25.6 Å². The molecule has 4 heterocycles. The van der Waals surface area contributed by atoms with E-state index < -0.39 is 0 Å². The van der Waals surface area contributed by atoms with Crippen molar-refractivity contribution in [3.05, 3.63) is 53.5 Å². The lowest BCUT2D eigenvalue weighted by molar-refractivity contribution is 0.0696. The summed E-state index contributed by atoms with van der Waals surface area (Å²) in [5, 5.41) is 11.3. The van der Waals surface area contributed by atoms with Gasteiger partial charge in [0, 0.05) is 44.8 Å². The number of amides is 1. The SMILES string of the molecule is Cc1ccc(-c2nnn(C)c2COc2ccc(C(=O)NC3CCOCC3)cn2)nc1. The molecule has 1 fully saturated rings. The van der Waals surface area contributed by atoms with Crippen LogP contribution in [0.2, 0.25) is 0 Å². The second-order valence-electron chi connectivity index (χ2n) is 7.26. The summed E-state index contributed by atoms with van der Waals surface area (Å²) in [4.78, 5) is 21.1. The van der Waals surface area contributed by atoms with Crippen molar-refractivity contribution < 1.29 is 14.3 Å². The fraction of sp³-hybridized carbons (Fsp3) is 0.381. The molecule has 0 atom stereocenters. The van der Waals surface area contributed by atoms with E-state index in [0.29, 0.717) is 30.4 Å². The van der Waals surface area contributed by atoms with Crippen molar-refractivity contribution in [1.82, 2.24) is 30.3 Å². The molecular formula is C21H24N6O3. The molecule has 9 nitrogen and oxygen atoms in total. The van der Waals surface area contributed by atoms with E-state index in [4.69, 9.17) is 9.47 Å². The molecule has 4 rings (SSSR count). The molecule has 156 valence electrons. The van der Waals surface area contributed by atoms with Crippen LogP contribution < -0.4 is 10.1 Å². The minimum absolute atomic E-state index is 0.135. The van der Waals surface area contributed by atoms with Gasteiger partial charge >= 0.3 is 0 Å². The Morgan fingerprint density at radius 1 is 1.20 bits per heavy atom. The molecule has 3 aromatic rings. The van der Waals surface area contributed by atoms with Crippen LogP contribution in [-0.4, -0.2) is 50.1 Å². The fourth-order valence-electron chi connectivity index (χ4n) is 3.20. The Labute approximate surface area is 174 Å². The van der Waals surface area contributed by atoms with Crippen LogP contribution in [0.15, 0.2) is 36.7 Å². The molecule has 3 aromatic heterocycles. The molecule has 9 heteroatoms. The first-order chi connectivity index (χ1) is 14.6. The van der Waals surface area contributed by atoms with Crippen LogP contribution in [0.5, 0.6) is 5.88 Å². The van der Waals surface area contributed by atoms with Gasteiger partial charge in [0.2, 0.25) is 5.88 Å². The highest BCUT2D eigenvalue weighted by molar-refractivity contribution is 5.94. The Morgan fingerprint density at radius 2 is 2.03 bits per heavy atom. The number of hydrogen-bond donors (Lipinski definition) is 1. The number of nitrogens with one attached hydrogen (secondary N) is 1. The average molecular weight is 408 g/mol. The predicted molar refractivity (Wildman–Crippen MR) is 109 cm³/mol. The normalized spacial score (nSPS) is 14.5. The van der Waals surface area contributed by atoms with E-state index in [1.165, 1.54) is 6.20 Å². The Bertz CT molecular complexity index is 995. The summed E-state index contributed by atoms with van der Waals surface area (Å²) in [5.74, 6) is 0.283. The van der Waals surface area contributed by atoms with Crippen LogP contribution in [0.3, 0.4) is 0 Å². The molecule has 1 aliphatic rings. The molecule has 0 saturated carbocycles. The van der Waals surface area contributed by atoms with Gasteiger partial charge < -0.3 is 14.8 Å². The topological polar surface area (TPSA) is 104 Å². The lowest BCUT2D eigenvalue weighted by Gasteiger charge is -2.23. The van der Waals surface area contributed by atoms with E-state index in [0.717, 1.165) is 29.8 Å².